The van der Waals surface area contributed by atoms with Crippen LogP contribution in [0.3, 0.4) is 0 Å². The van der Waals surface area contributed by atoms with Gasteiger partial charge < -0.3 is 10.1 Å². The Balaban J connectivity index is 2.17. The molecule has 5 heteroatoms. The second-order valence-electron chi connectivity index (χ2n) is 3.81. The van der Waals surface area contributed by atoms with E-state index in [1.807, 2.05) is 12.1 Å². The molecule has 0 aliphatic rings. The van der Waals surface area contributed by atoms with Gasteiger partial charge in [-0.2, -0.15) is 0 Å². The summed E-state index contributed by atoms with van der Waals surface area (Å²) < 4.78 is 19.2. The Morgan fingerprint density at radius 1 is 1.21 bits per heavy atom. The zero-order chi connectivity index (χ0) is 13.8. The monoisotopic (exact) mass is 371 g/mol. The molecule has 3 nitrogen and oxygen atoms in total. The van der Waals surface area contributed by atoms with E-state index in [1.54, 1.807) is 12.1 Å². The van der Waals surface area contributed by atoms with Crippen LogP contribution in [0.15, 0.2) is 42.5 Å². The smallest absolute Gasteiger partial charge is 0.255 e. The Morgan fingerprint density at radius 2 is 1.89 bits per heavy atom. The number of amides is 1. The van der Waals surface area contributed by atoms with Gasteiger partial charge in [0.1, 0.15) is 0 Å². The number of carbonyl (C=O) groups excluding carboxylic acids is 1. The lowest BCUT2D eigenvalue weighted by Crippen LogP contribution is -2.11. The minimum Gasteiger partial charge on any atom is -0.494 e. The molecule has 98 valence electrons. The lowest BCUT2D eigenvalue weighted by molar-refractivity contribution is 0.102. The SMILES string of the molecule is COc1cc(NC(=O)c2ccc(I)cc2)ccc1F. The molecule has 0 heterocycles. The number of hydrogen-bond donors (Lipinski definition) is 1. The third-order valence-corrected chi connectivity index (χ3v) is 3.23. The summed E-state index contributed by atoms with van der Waals surface area (Å²) >= 11 is 2.17. The van der Waals surface area contributed by atoms with Gasteiger partial charge in [-0.1, -0.05) is 0 Å². The number of rotatable bonds is 3. The fourth-order valence-electron chi connectivity index (χ4n) is 1.54. The normalized spacial score (nSPS) is 10.1. The number of ether oxygens (including phenoxy) is 1. The molecule has 0 aliphatic carbocycles. The highest BCUT2D eigenvalue weighted by molar-refractivity contribution is 14.1. The summed E-state index contributed by atoms with van der Waals surface area (Å²) in [6.45, 7) is 0. The Labute approximate surface area is 123 Å². The van der Waals surface area contributed by atoms with Gasteiger partial charge in [-0.05, 0) is 59.0 Å². The first-order valence-electron chi connectivity index (χ1n) is 5.50. The molecule has 2 aromatic carbocycles. The fraction of sp³-hybridized carbons (Fsp3) is 0.0714. The maximum absolute atomic E-state index is 13.2. The van der Waals surface area contributed by atoms with Gasteiger partial charge in [0.2, 0.25) is 0 Å². The average Bonchev–Trinajstić information content (AvgIpc) is 2.41. The summed E-state index contributed by atoms with van der Waals surface area (Å²) in [5.74, 6) is -0.611. The second kappa shape index (κ2) is 6.01. The summed E-state index contributed by atoms with van der Waals surface area (Å²) in [6.07, 6.45) is 0. The van der Waals surface area contributed by atoms with Crippen molar-refractivity contribution >= 4 is 34.2 Å². The Morgan fingerprint density at radius 3 is 2.53 bits per heavy atom. The van der Waals surface area contributed by atoms with E-state index in [9.17, 15) is 9.18 Å². The van der Waals surface area contributed by atoms with E-state index in [0.29, 0.717) is 11.3 Å². The number of carbonyl (C=O) groups is 1. The second-order valence-corrected chi connectivity index (χ2v) is 5.06. The number of halogens is 2. The van der Waals surface area contributed by atoms with Crippen molar-refractivity contribution in [2.75, 3.05) is 12.4 Å². The highest BCUT2D eigenvalue weighted by Crippen LogP contribution is 2.22. The van der Waals surface area contributed by atoms with Gasteiger partial charge in [0.05, 0.1) is 7.11 Å². The van der Waals surface area contributed by atoms with Crippen LogP contribution in [0.4, 0.5) is 10.1 Å². The van der Waals surface area contributed by atoms with Crippen molar-refractivity contribution in [3.05, 3.63) is 57.4 Å². The zero-order valence-electron chi connectivity index (χ0n) is 10.1. The molecule has 0 bridgehead atoms. The summed E-state index contributed by atoms with van der Waals surface area (Å²) in [5.41, 5.74) is 1.03. The van der Waals surface area contributed by atoms with Crippen molar-refractivity contribution in [2.45, 2.75) is 0 Å². The zero-order valence-corrected chi connectivity index (χ0v) is 12.3. The Hall–Kier alpha value is -1.63. The van der Waals surface area contributed by atoms with Gasteiger partial charge in [0, 0.05) is 20.9 Å². The molecule has 2 rings (SSSR count). The summed E-state index contributed by atoms with van der Waals surface area (Å²) in [6, 6.07) is 11.3. The van der Waals surface area contributed by atoms with E-state index in [1.165, 1.54) is 25.3 Å². The van der Waals surface area contributed by atoms with Gasteiger partial charge in [0.25, 0.3) is 5.91 Å². The van der Waals surface area contributed by atoms with E-state index < -0.39 is 5.82 Å². The molecular weight excluding hydrogens is 360 g/mol. The van der Waals surface area contributed by atoms with Crippen LogP contribution in [0.5, 0.6) is 5.75 Å². The van der Waals surface area contributed by atoms with Crippen LogP contribution in [-0.4, -0.2) is 13.0 Å². The molecular formula is C14H11FINO2. The van der Waals surface area contributed by atoms with Gasteiger partial charge in [-0.15, -0.1) is 0 Å². The first kappa shape index (κ1) is 13.8. The predicted octanol–water partition coefficient (Wildman–Crippen LogP) is 3.69. The molecule has 1 N–H and O–H groups in total. The van der Waals surface area contributed by atoms with Gasteiger partial charge in [-0.3, -0.25) is 4.79 Å². The molecule has 19 heavy (non-hydrogen) atoms. The molecule has 0 radical (unpaired) electrons. The maximum Gasteiger partial charge on any atom is 0.255 e. The quantitative estimate of drug-likeness (QED) is 0.836. The third kappa shape index (κ3) is 3.44. The van der Waals surface area contributed by atoms with Crippen LogP contribution in [0.1, 0.15) is 10.4 Å². The number of hydrogen-bond acceptors (Lipinski definition) is 2. The minimum atomic E-state index is -0.463. The first-order chi connectivity index (χ1) is 9.10. The fourth-order valence-corrected chi connectivity index (χ4v) is 1.90. The number of nitrogens with one attached hydrogen (secondary N) is 1. The molecule has 0 atom stereocenters. The van der Waals surface area contributed by atoms with Gasteiger partial charge in [0.15, 0.2) is 11.6 Å². The van der Waals surface area contributed by atoms with Crippen LogP contribution >= 0.6 is 22.6 Å². The molecule has 0 aromatic heterocycles. The van der Waals surface area contributed by atoms with Crippen LogP contribution in [0.25, 0.3) is 0 Å². The summed E-state index contributed by atoms with van der Waals surface area (Å²) in [5, 5.41) is 2.69. The molecule has 0 saturated carbocycles. The lowest BCUT2D eigenvalue weighted by atomic mass is 10.2. The van der Waals surface area contributed by atoms with E-state index in [4.69, 9.17) is 4.74 Å². The van der Waals surface area contributed by atoms with E-state index >= 15 is 0 Å². The summed E-state index contributed by atoms with van der Waals surface area (Å²) in [7, 11) is 1.38. The number of anilines is 1. The van der Waals surface area contributed by atoms with Crippen LogP contribution in [0, 0.1) is 9.39 Å². The number of methoxy groups -OCH3 is 1. The molecule has 1 amide bonds. The molecule has 0 spiro atoms. The van der Waals surface area contributed by atoms with Crippen molar-refractivity contribution in [3.8, 4) is 5.75 Å². The predicted molar refractivity (Wildman–Crippen MR) is 80.1 cm³/mol. The van der Waals surface area contributed by atoms with E-state index in [-0.39, 0.29) is 11.7 Å². The standard InChI is InChI=1S/C14H11FINO2/c1-19-13-8-11(6-7-12(13)15)17-14(18)9-2-4-10(16)5-3-9/h2-8H,1H3,(H,17,18). The highest BCUT2D eigenvalue weighted by Gasteiger charge is 2.08. The Bertz CT molecular complexity index is 599. The van der Waals surface area contributed by atoms with Crippen LogP contribution < -0.4 is 10.1 Å². The first-order valence-corrected chi connectivity index (χ1v) is 6.58. The van der Waals surface area contributed by atoms with Crippen LogP contribution in [-0.2, 0) is 0 Å². The van der Waals surface area contributed by atoms with Gasteiger partial charge in [-0.25, -0.2) is 4.39 Å². The molecule has 0 fully saturated rings. The van der Waals surface area contributed by atoms with Crippen molar-refractivity contribution in [1.82, 2.24) is 0 Å². The summed E-state index contributed by atoms with van der Waals surface area (Å²) in [4.78, 5) is 12.0. The topological polar surface area (TPSA) is 38.3 Å². The minimum absolute atomic E-state index is 0.0976. The molecule has 2 aromatic rings. The average molecular weight is 371 g/mol. The van der Waals surface area contributed by atoms with Crippen molar-refractivity contribution in [2.24, 2.45) is 0 Å². The van der Waals surface area contributed by atoms with Crippen molar-refractivity contribution in [3.63, 3.8) is 0 Å². The van der Waals surface area contributed by atoms with E-state index in [2.05, 4.69) is 27.9 Å². The van der Waals surface area contributed by atoms with Crippen molar-refractivity contribution in [1.29, 1.82) is 0 Å². The Kier molecular flexibility index (Phi) is 4.36. The highest BCUT2D eigenvalue weighted by atomic mass is 127. The molecule has 0 unspecified atom stereocenters. The van der Waals surface area contributed by atoms with Gasteiger partial charge >= 0.3 is 0 Å². The third-order valence-electron chi connectivity index (χ3n) is 2.52. The van der Waals surface area contributed by atoms with E-state index in [0.717, 1.165) is 3.57 Å². The lowest BCUT2D eigenvalue weighted by Gasteiger charge is -2.08. The maximum atomic E-state index is 13.2. The molecule has 0 saturated heterocycles. The molecule has 0 aliphatic heterocycles. The van der Waals surface area contributed by atoms with Crippen LogP contribution in [0.2, 0.25) is 0 Å². The number of benzene rings is 2. The largest absolute Gasteiger partial charge is 0.494 e. The van der Waals surface area contributed by atoms with Crippen molar-refractivity contribution < 1.29 is 13.9 Å².